The minimum atomic E-state index is 0.187. The van der Waals surface area contributed by atoms with Crippen LogP contribution in [0.5, 0.6) is 0 Å². The molecule has 0 amide bonds. The third kappa shape index (κ3) is 2.61. The van der Waals surface area contributed by atoms with Gasteiger partial charge in [-0.25, -0.2) is 0 Å². The van der Waals surface area contributed by atoms with E-state index in [9.17, 15) is 0 Å². The van der Waals surface area contributed by atoms with Gasteiger partial charge in [-0.1, -0.05) is 13.8 Å². The van der Waals surface area contributed by atoms with E-state index in [0.29, 0.717) is 5.92 Å². The van der Waals surface area contributed by atoms with Crippen LogP contribution < -0.4 is 0 Å². The van der Waals surface area contributed by atoms with Crippen molar-refractivity contribution in [3.63, 3.8) is 0 Å². The van der Waals surface area contributed by atoms with Gasteiger partial charge in [-0.3, -0.25) is 0 Å². The summed E-state index contributed by atoms with van der Waals surface area (Å²) in [5, 5.41) is 3.31. The van der Waals surface area contributed by atoms with Gasteiger partial charge in [-0.2, -0.15) is 0 Å². The van der Waals surface area contributed by atoms with Crippen LogP contribution in [0.2, 0.25) is 0 Å². The Morgan fingerprint density at radius 2 is 1.88 bits per heavy atom. The SMILES string of the molecule is C=NOC(C)C(C)C. The maximum absolute atomic E-state index is 4.82. The monoisotopic (exact) mass is 115 g/mol. The van der Waals surface area contributed by atoms with Crippen molar-refractivity contribution in [2.45, 2.75) is 26.9 Å². The van der Waals surface area contributed by atoms with E-state index >= 15 is 0 Å². The second kappa shape index (κ2) is 3.47. The molecule has 0 radical (unpaired) electrons. The number of nitrogens with zero attached hydrogens (tertiary/aromatic N) is 1. The van der Waals surface area contributed by atoms with Gasteiger partial charge >= 0.3 is 0 Å². The van der Waals surface area contributed by atoms with Crippen LogP contribution in [0.3, 0.4) is 0 Å². The summed E-state index contributed by atoms with van der Waals surface area (Å²) in [6.45, 7) is 9.34. The number of rotatable bonds is 3. The number of hydrogen-bond donors (Lipinski definition) is 0. The molecule has 2 nitrogen and oxygen atoms in total. The summed E-state index contributed by atoms with van der Waals surface area (Å²) in [7, 11) is 0. The summed E-state index contributed by atoms with van der Waals surface area (Å²) in [5.74, 6) is 0.514. The molecule has 1 atom stereocenters. The molecule has 0 heterocycles. The summed E-state index contributed by atoms with van der Waals surface area (Å²) < 4.78 is 0. The zero-order valence-corrected chi connectivity index (χ0v) is 5.72. The molecular weight excluding hydrogens is 102 g/mol. The van der Waals surface area contributed by atoms with Crippen LogP contribution in [0.4, 0.5) is 0 Å². The van der Waals surface area contributed by atoms with Gasteiger partial charge in [-0.05, 0) is 12.8 Å². The Morgan fingerprint density at radius 1 is 1.38 bits per heavy atom. The lowest BCUT2D eigenvalue weighted by molar-refractivity contribution is 0.0423. The second-order valence-electron chi connectivity index (χ2n) is 2.18. The average Bonchev–Trinajstić information content (AvgIpc) is 1.67. The summed E-state index contributed by atoms with van der Waals surface area (Å²) in [5.41, 5.74) is 0. The van der Waals surface area contributed by atoms with Gasteiger partial charge in [0, 0.05) is 6.72 Å². The fraction of sp³-hybridized carbons (Fsp3) is 0.833. The largest absolute Gasteiger partial charge is 0.393 e. The lowest BCUT2D eigenvalue weighted by Crippen LogP contribution is -2.11. The standard InChI is InChI=1S/C6H13NO/c1-5(2)6(3)8-7-4/h5-6H,4H2,1-3H3. The minimum absolute atomic E-state index is 0.187. The van der Waals surface area contributed by atoms with Crippen LogP contribution in [-0.4, -0.2) is 12.8 Å². The molecule has 1 unspecified atom stereocenters. The molecule has 0 aromatic heterocycles. The predicted octanol–water partition coefficient (Wildman–Crippen LogP) is 1.66. The van der Waals surface area contributed by atoms with Crippen molar-refractivity contribution in [3.8, 4) is 0 Å². The smallest absolute Gasteiger partial charge is 0.127 e. The van der Waals surface area contributed by atoms with Crippen LogP contribution in [0.25, 0.3) is 0 Å². The normalized spacial score (nSPS) is 13.5. The number of oxime groups is 1. The van der Waals surface area contributed by atoms with Crippen molar-refractivity contribution in [1.82, 2.24) is 0 Å². The minimum Gasteiger partial charge on any atom is -0.393 e. The van der Waals surface area contributed by atoms with Gasteiger partial charge in [0.2, 0.25) is 0 Å². The zero-order valence-electron chi connectivity index (χ0n) is 5.72. The first-order chi connectivity index (χ1) is 3.68. The fourth-order valence-corrected chi connectivity index (χ4v) is 0.239. The van der Waals surface area contributed by atoms with Crippen molar-refractivity contribution in [1.29, 1.82) is 0 Å². The molecule has 0 fully saturated rings. The maximum Gasteiger partial charge on any atom is 0.127 e. The molecule has 0 bridgehead atoms. The van der Waals surface area contributed by atoms with E-state index in [4.69, 9.17) is 4.84 Å². The highest BCUT2D eigenvalue weighted by atomic mass is 16.6. The molecule has 0 aliphatic carbocycles. The van der Waals surface area contributed by atoms with E-state index in [2.05, 4.69) is 25.7 Å². The molecule has 8 heavy (non-hydrogen) atoms. The predicted molar refractivity (Wildman–Crippen MR) is 34.9 cm³/mol. The van der Waals surface area contributed by atoms with Crippen LogP contribution in [0, 0.1) is 5.92 Å². The molecule has 0 aromatic carbocycles. The van der Waals surface area contributed by atoms with E-state index in [0.717, 1.165) is 0 Å². The van der Waals surface area contributed by atoms with Gasteiger partial charge in [0.25, 0.3) is 0 Å². The molecule has 0 aliphatic rings. The summed E-state index contributed by atoms with van der Waals surface area (Å²) in [4.78, 5) is 4.82. The number of hydrogen-bond acceptors (Lipinski definition) is 2. The molecule has 0 saturated heterocycles. The molecular formula is C6H13NO. The second-order valence-corrected chi connectivity index (χ2v) is 2.18. The molecule has 0 spiro atoms. The summed E-state index contributed by atoms with van der Waals surface area (Å²) in [6, 6.07) is 0. The molecule has 0 rings (SSSR count). The first-order valence-corrected chi connectivity index (χ1v) is 2.80. The van der Waals surface area contributed by atoms with Crippen molar-refractivity contribution < 1.29 is 4.84 Å². The van der Waals surface area contributed by atoms with Gasteiger partial charge in [-0.15, -0.1) is 5.16 Å². The van der Waals surface area contributed by atoms with Crippen molar-refractivity contribution in [3.05, 3.63) is 0 Å². The third-order valence-corrected chi connectivity index (χ3v) is 1.18. The van der Waals surface area contributed by atoms with Gasteiger partial charge < -0.3 is 4.84 Å². The Kier molecular flexibility index (Phi) is 3.24. The highest BCUT2D eigenvalue weighted by Crippen LogP contribution is 2.03. The molecule has 2 heteroatoms. The van der Waals surface area contributed by atoms with Gasteiger partial charge in [0.1, 0.15) is 6.10 Å². The first-order valence-electron chi connectivity index (χ1n) is 2.80. The van der Waals surface area contributed by atoms with Crippen molar-refractivity contribution in [2.24, 2.45) is 11.1 Å². The van der Waals surface area contributed by atoms with Crippen molar-refractivity contribution in [2.75, 3.05) is 0 Å². The van der Waals surface area contributed by atoms with Crippen LogP contribution in [0.1, 0.15) is 20.8 Å². The van der Waals surface area contributed by atoms with E-state index in [1.807, 2.05) is 6.92 Å². The van der Waals surface area contributed by atoms with E-state index in [-0.39, 0.29) is 6.10 Å². The maximum atomic E-state index is 4.82. The Balaban J connectivity index is 3.30. The molecule has 0 saturated carbocycles. The third-order valence-electron chi connectivity index (χ3n) is 1.18. The average molecular weight is 115 g/mol. The zero-order chi connectivity index (χ0) is 6.57. The van der Waals surface area contributed by atoms with Gasteiger partial charge in [0.15, 0.2) is 0 Å². The van der Waals surface area contributed by atoms with Crippen LogP contribution >= 0.6 is 0 Å². The highest BCUT2D eigenvalue weighted by Gasteiger charge is 2.05. The topological polar surface area (TPSA) is 21.6 Å². The Labute approximate surface area is 50.5 Å². The van der Waals surface area contributed by atoms with E-state index in [1.54, 1.807) is 0 Å². The van der Waals surface area contributed by atoms with Crippen LogP contribution in [-0.2, 0) is 4.84 Å². The van der Waals surface area contributed by atoms with E-state index < -0.39 is 0 Å². The Morgan fingerprint density at radius 3 is 2.00 bits per heavy atom. The fourth-order valence-electron chi connectivity index (χ4n) is 0.239. The molecule has 48 valence electrons. The van der Waals surface area contributed by atoms with Gasteiger partial charge in [0.05, 0.1) is 0 Å². The molecule has 0 aliphatic heterocycles. The highest BCUT2D eigenvalue weighted by molar-refractivity contribution is 5.21. The first kappa shape index (κ1) is 7.47. The Hall–Kier alpha value is -0.530. The quantitative estimate of drug-likeness (QED) is 0.405. The van der Waals surface area contributed by atoms with E-state index in [1.165, 1.54) is 0 Å². The van der Waals surface area contributed by atoms with Crippen LogP contribution in [0.15, 0.2) is 5.16 Å². The summed E-state index contributed by atoms with van der Waals surface area (Å²) >= 11 is 0. The van der Waals surface area contributed by atoms with Crippen molar-refractivity contribution >= 4 is 6.72 Å². The molecule has 0 aromatic rings. The lowest BCUT2D eigenvalue weighted by Gasteiger charge is -2.11. The molecule has 0 N–H and O–H groups in total. The Bertz CT molecular complexity index is 70.9. The summed E-state index contributed by atoms with van der Waals surface area (Å²) in [6.07, 6.45) is 0.187. The lowest BCUT2D eigenvalue weighted by atomic mass is 10.1.